The van der Waals surface area contributed by atoms with Crippen LogP contribution in [0.3, 0.4) is 0 Å². The molecule has 1 aromatic carbocycles. The van der Waals surface area contributed by atoms with Gasteiger partial charge in [-0.2, -0.15) is 0 Å². The molecule has 3 aliphatic rings. The number of benzene rings is 1. The number of ether oxygens (including phenoxy) is 1. The molecule has 0 radical (unpaired) electrons. The van der Waals surface area contributed by atoms with Crippen molar-refractivity contribution in [1.29, 1.82) is 0 Å². The van der Waals surface area contributed by atoms with Crippen molar-refractivity contribution in [2.75, 3.05) is 19.7 Å². The molecule has 0 spiro atoms. The molecular weight excluding hydrogens is 578 g/mol. The molecule has 3 fully saturated rings. The molecule has 9 atom stereocenters. The molecule has 15 heteroatoms. The minimum atomic E-state index is -1.48. The van der Waals surface area contributed by atoms with Gasteiger partial charge in [0.05, 0.1) is 12.2 Å². The number of aromatic amines is 1. The van der Waals surface area contributed by atoms with Crippen molar-refractivity contribution < 1.29 is 49.4 Å². The van der Waals surface area contributed by atoms with Gasteiger partial charge in [0.2, 0.25) is 17.7 Å². The van der Waals surface area contributed by atoms with E-state index in [1.807, 2.05) is 30.5 Å². The van der Waals surface area contributed by atoms with Gasteiger partial charge in [0.25, 0.3) is 0 Å². The Balaban J connectivity index is 1.23. The highest BCUT2D eigenvalue weighted by Gasteiger charge is 2.48. The third-order valence-corrected chi connectivity index (χ3v) is 8.84. The summed E-state index contributed by atoms with van der Waals surface area (Å²) in [6, 6.07) is 5.88. The maximum Gasteiger partial charge on any atom is 0.326 e. The second-order valence-corrected chi connectivity index (χ2v) is 11.7. The van der Waals surface area contributed by atoms with Gasteiger partial charge in [0.15, 0.2) is 6.23 Å². The molecule has 5 amide bonds. The van der Waals surface area contributed by atoms with E-state index in [0.29, 0.717) is 6.42 Å². The van der Waals surface area contributed by atoms with Crippen LogP contribution in [0.25, 0.3) is 10.9 Å². The van der Waals surface area contributed by atoms with Crippen LogP contribution in [0.2, 0.25) is 0 Å². The average molecular weight is 618 g/mol. The van der Waals surface area contributed by atoms with Crippen molar-refractivity contribution in [1.82, 2.24) is 25.8 Å². The fraction of sp³-hybridized carbons (Fsp3) is 0.586. The number of nitrogens with one attached hydrogen (secondary N) is 4. The maximum absolute atomic E-state index is 13.4. The first-order valence-corrected chi connectivity index (χ1v) is 14.8. The van der Waals surface area contributed by atoms with Gasteiger partial charge in [0, 0.05) is 55.6 Å². The molecule has 1 aliphatic carbocycles. The van der Waals surface area contributed by atoms with Crippen molar-refractivity contribution in [3.63, 3.8) is 0 Å². The number of urea groups is 1. The minimum Gasteiger partial charge on any atom is -0.396 e. The standard InChI is InChI=1S/C29H39N5O10/c35-13-16-9-15(23(38)24(16)39)10-22(37)32-19(6-5-14-11-30-18-4-2-1-3-17(14)18)27(42)31-12-20-25(40)26(41)28(44-20)34-8-7-21(36)33-29(34)43/h1-4,11,15-16,19-20,23-26,28,30,35,38-41H,5-10,12-13H2,(H,31,42)(H,32,37)(H,33,36,43)/t15-,16-,19+,20?,23-,24-,25+,26+,28+/m0/s1. The van der Waals surface area contributed by atoms with E-state index >= 15 is 0 Å². The van der Waals surface area contributed by atoms with Crippen molar-refractivity contribution >= 4 is 34.7 Å². The van der Waals surface area contributed by atoms with Gasteiger partial charge < -0.3 is 45.9 Å². The van der Waals surface area contributed by atoms with E-state index in [1.54, 1.807) is 0 Å². The summed E-state index contributed by atoms with van der Waals surface area (Å²) in [7, 11) is 0. The lowest BCUT2D eigenvalue weighted by molar-refractivity contribution is -0.131. The zero-order valence-electron chi connectivity index (χ0n) is 24.0. The number of amides is 5. The van der Waals surface area contributed by atoms with E-state index in [2.05, 4.69) is 20.9 Å². The molecule has 9 N–H and O–H groups in total. The monoisotopic (exact) mass is 617 g/mol. The summed E-state index contributed by atoms with van der Waals surface area (Å²) >= 11 is 0. The number of imide groups is 1. The number of carbonyl (C=O) groups is 4. The molecule has 1 aromatic heterocycles. The molecule has 1 unspecified atom stereocenters. The molecule has 0 bridgehead atoms. The minimum absolute atomic E-state index is 0.00509. The Kier molecular flexibility index (Phi) is 9.82. The first kappa shape index (κ1) is 31.8. The highest BCUT2D eigenvalue weighted by Crippen LogP contribution is 2.33. The molecule has 240 valence electrons. The zero-order chi connectivity index (χ0) is 31.5. The van der Waals surface area contributed by atoms with Crippen LogP contribution in [-0.4, -0.2) is 122 Å². The molecule has 44 heavy (non-hydrogen) atoms. The number of aliphatic hydroxyl groups excluding tert-OH is 5. The summed E-state index contributed by atoms with van der Waals surface area (Å²) in [6.45, 7) is -0.573. The van der Waals surface area contributed by atoms with Gasteiger partial charge >= 0.3 is 6.03 Å². The van der Waals surface area contributed by atoms with E-state index in [0.717, 1.165) is 21.4 Å². The Labute approximate surface area is 252 Å². The number of carbonyl (C=O) groups excluding carboxylic acids is 4. The normalized spacial score (nSPS) is 31.2. The van der Waals surface area contributed by atoms with E-state index in [-0.39, 0.29) is 45.4 Å². The summed E-state index contributed by atoms with van der Waals surface area (Å²) in [5.74, 6) is -2.69. The lowest BCUT2D eigenvalue weighted by atomic mass is 9.99. The maximum atomic E-state index is 13.4. The Morgan fingerprint density at radius 1 is 1.05 bits per heavy atom. The first-order chi connectivity index (χ1) is 21.1. The van der Waals surface area contributed by atoms with Crippen molar-refractivity contribution in [2.45, 2.75) is 74.9 Å². The summed E-state index contributed by atoms with van der Waals surface area (Å²) in [4.78, 5) is 54.4. The topological polar surface area (TPSA) is 234 Å². The summed E-state index contributed by atoms with van der Waals surface area (Å²) in [6.07, 6.45) is -5.01. The Morgan fingerprint density at radius 2 is 1.80 bits per heavy atom. The average Bonchev–Trinajstić information content (AvgIpc) is 3.63. The van der Waals surface area contributed by atoms with Gasteiger partial charge in [-0.05, 0) is 36.8 Å². The lowest BCUT2D eigenvalue weighted by Gasteiger charge is -2.32. The molecule has 5 rings (SSSR count). The van der Waals surface area contributed by atoms with Gasteiger partial charge in [-0.1, -0.05) is 18.2 Å². The number of rotatable bonds is 11. The SMILES string of the molecule is O=C1CCN([C@@H]2OC(CNC(=O)[C@@H](CCc3c[nH]c4ccccc34)NC(=O)C[C@@H]3C[C@@H](CO)[C@H](O)[C@H]3O)[C@@H](O)[C@H]2O)C(=O)N1. The van der Waals surface area contributed by atoms with Crippen LogP contribution in [0, 0.1) is 11.8 Å². The Hall–Kier alpha value is -3.60. The van der Waals surface area contributed by atoms with Crippen molar-refractivity contribution in [3.05, 3.63) is 36.0 Å². The fourth-order valence-electron chi connectivity index (χ4n) is 6.31. The molecule has 2 aliphatic heterocycles. The summed E-state index contributed by atoms with van der Waals surface area (Å²) in [5.41, 5.74) is 1.86. The van der Waals surface area contributed by atoms with E-state index < -0.39 is 78.4 Å². The van der Waals surface area contributed by atoms with E-state index in [4.69, 9.17) is 4.74 Å². The number of hydrogen-bond donors (Lipinski definition) is 9. The first-order valence-electron chi connectivity index (χ1n) is 14.8. The largest absolute Gasteiger partial charge is 0.396 e. The van der Waals surface area contributed by atoms with Crippen LogP contribution in [0.5, 0.6) is 0 Å². The van der Waals surface area contributed by atoms with Gasteiger partial charge in [-0.25, -0.2) is 4.79 Å². The quantitative estimate of drug-likeness (QED) is 0.132. The number of fused-ring (bicyclic) bond motifs is 1. The number of nitrogens with zero attached hydrogens (tertiary/aromatic N) is 1. The molecule has 2 saturated heterocycles. The number of hydrogen-bond acceptors (Lipinski definition) is 10. The fourth-order valence-corrected chi connectivity index (χ4v) is 6.31. The smallest absolute Gasteiger partial charge is 0.326 e. The highest BCUT2D eigenvalue weighted by atomic mass is 16.6. The lowest BCUT2D eigenvalue weighted by Crippen LogP contribution is -2.56. The van der Waals surface area contributed by atoms with Crippen LogP contribution in [0.4, 0.5) is 4.79 Å². The van der Waals surface area contributed by atoms with Crippen molar-refractivity contribution in [3.8, 4) is 0 Å². The number of aryl methyl sites for hydroxylation is 1. The van der Waals surface area contributed by atoms with Gasteiger partial charge in [-0.3, -0.25) is 24.6 Å². The number of aliphatic hydroxyl groups is 5. The predicted molar refractivity (Wildman–Crippen MR) is 152 cm³/mol. The van der Waals surface area contributed by atoms with Crippen LogP contribution >= 0.6 is 0 Å². The second-order valence-electron chi connectivity index (χ2n) is 11.7. The molecular formula is C29H39N5O10. The summed E-state index contributed by atoms with van der Waals surface area (Å²) < 4.78 is 5.72. The predicted octanol–water partition coefficient (Wildman–Crippen LogP) is -2.17. The van der Waals surface area contributed by atoms with Crippen molar-refractivity contribution in [2.24, 2.45) is 11.8 Å². The Bertz CT molecular complexity index is 1370. The van der Waals surface area contributed by atoms with E-state index in [9.17, 15) is 44.7 Å². The highest BCUT2D eigenvalue weighted by molar-refractivity contribution is 5.96. The van der Waals surface area contributed by atoms with Crippen LogP contribution in [0.15, 0.2) is 30.5 Å². The third kappa shape index (κ3) is 6.72. The second kappa shape index (κ2) is 13.6. The molecule has 2 aromatic rings. The van der Waals surface area contributed by atoms with Gasteiger partial charge in [0.1, 0.15) is 24.4 Å². The zero-order valence-corrected chi connectivity index (χ0v) is 24.0. The van der Waals surface area contributed by atoms with Gasteiger partial charge in [-0.15, -0.1) is 0 Å². The van der Waals surface area contributed by atoms with Crippen LogP contribution in [0.1, 0.15) is 31.2 Å². The molecule has 1 saturated carbocycles. The van der Waals surface area contributed by atoms with E-state index in [1.165, 1.54) is 0 Å². The third-order valence-electron chi connectivity index (χ3n) is 8.84. The number of aromatic nitrogens is 1. The number of H-pyrrole nitrogens is 1. The van der Waals surface area contributed by atoms with Crippen LogP contribution in [-0.2, 0) is 25.5 Å². The number of para-hydroxylation sites is 1. The van der Waals surface area contributed by atoms with Crippen LogP contribution < -0.4 is 16.0 Å². The Morgan fingerprint density at radius 3 is 2.52 bits per heavy atom. The molecule has 15 nitrogen and oxygen atoms in total. The summed E-state index contributed by atoms with van der Waals surface area (Å²) in [5, 5.41) is 59.5. The molecule has 3 heterocycles.